The van der Waals surface area contributed by atoms with Crippen molar-refractivity contribution in [2.45, 2.75) is 18.9 Å². The zero-order chi connectivity index (χ0) is 24.1. The Hall–Kier alpha value is -4.03. The van der Waals surface area contributed by atoms with E-state index in [2.05, 4.69) is 21.0 Å². The van der Waals surface area contributed by atoms with E-state index in [1.165, 1.54) is 0 Å². The number of rotatable bonds is 7. The molecule has 1 aliphatic heterocycles. The molecule has 1 N–H and O–H groups in total. The van der Waals surface area contributed by atoms with Gasteiger partial charge in [0, 0.05) is 51.4 Å². The van der Waals surface area contributed by atoms with Gasteiger partial charge in [0.1, 0.15) is 36.2 Å². The standard InChI is InChI=1S/C25H26N6O3/c1-30(2)24-6-3-17(14-28-24)11-23-27-9-7-21(29-23)18-4-5-22(19(12-18)13-26)34-20-8-10-31(15-20)25(33)16-32/h3-7,9,12,14,20,32H,8,10-11,15-16H2,1-2H3. The molecule has 3 aromatic rings. The van der Waals surface area contributed by atoms with Gasteiger partial charge in [-0.3, -0.25) is 4.79 Å². The number of carbonyl (C=O) groups excluding carboxylic acids is 1. The molecular formula is C25H26N6O3. The molecule has 0 bridgehead atoms. The number of nitriles is 1. The van der Waals surface area contributed by atoms with E-state index in [0.717, 1.165) is 16.9 Å². The quantitative estimate of drug-likeness (QED) is 0.572. The van der Waals surface area contributed by atoms with Crippen molar-refractivity contribution >= 4 is 11.7 Å². The van der Waals surface area contributed by atoms with Gasteiger partial charge in [-0.25, -0.2) is 15.0 Å². The van der Waals surface area contributed by atoms with E-state index in [1.54, 1.807) is 23.2 Å². The predicted octanol–water partition coefficient (Wildman–Crippen LogP) is 2.04. The van der Waals surface area contributed by atoms with Gasteiger partial charge in [0.05, 0.1) is 17.8 Å². The third kappa shape index (κ3) is 5.30. The summed E-state index contributed by atoms with van der Waals surface area (Å²) in [4.78, 5) is 28.7. The molecule has 1 fully saturated rings. The molecule has 174 valence electrons. The predicted molar refractivity (Wildman–Crippen MR) is 126 cm³/mol. The number of nitrogens with zero attached hydrogens (tertiary/aromatic N) is 6. The topological polar surface area (TPSA) is 115 Å². The molecule has 1 unspecified atom stereocenters. The van der Waals surface area contributed by atoms with Crippen molar-refractivity contribution in [1.29, 1.82) is 5.26 Å². The summed E-state index contributed by atoms with van der Waals surface area (Å²) in [6.45, 7) is 0.413. The summed E-state index contributed by atoms with van der Waals surface area (Å²) in [6, 6.07) is 13.3. The Kier molecular flexibility index (Phi) is 6.99. The molecule has 3 heterocycles. The molecule has 1 amide bonds. The number of amides is 1. The molecule has 0 aliphatic carbocycles. The summed E-state index contributed by atoms with van der Waals surface area (Å²) >= 11 is 0. The average molecular weight is 459 g/mol. The number of likely N-dealkylation sites (tertiary alicyclic amines) is 1. The minimum absolute atomic E-state index is 0.216. The number of benzene rings is 1. The smallest absolute Gasteiger partial charge is 0.248 e. The number of hydrogen-bond acceptors (Lipinski definition) is 8. The Morgan fingerprint density at radius 2 is 2.12 bits per heavy atom. The number of aliphatic hydroxyl groups is 1. The first kappa shape index (κ1) is 23.1. The van der Waals surface area contributed by atoms with Gasteiger partial charge in [-0.05, 0) is 35.9 Å². The van der Waals surface area contributed by atoms with Crippen LogP contribution in [0.3, 0.4) is 0 Å². The van der Waals surface area contributed by atoms with Gasteiger partial charge in [-0.1, -0.05) is 6.07 Å². The zero-order valence-electron chi connectivity index (χ0n) is 19.2. The maximum absolute atomic E-state index is 11.7. The summed E-state index contributed by atoms with van der Waals surface area (Å²) in [5.74, 6) is 1.70. The molecule has 1 aromatic carbocycles. The molecule has 4 rings (SSSR count). The van der Waals surface area contributed by atoms with Crippen LogP contribution in [-0.4, -0.2) is 70.8 Å². The van der Waals surface area contributed by atoms with Crippen LogP contribution in [0.15, 0.2) is 48.8 Å². The second-order valence-corrected chi connectivity index (χ2v) is 8.30. The van der Waals surface area contributed by atoms with E-state index in [9.17, 15) is 10.1 Å². The highest BCUT2D eigenvalue weighted by Gasteiger charge is 2.27. The van der Waals surface area contributed by atoms with Crippen molar-refractivity contribution in [3.63, 3.8) is 0 Å². The van der Waals surface area contributed by atoms with E-state index in [1.807, 2.05) is 49.5 Å². The number of anilines is 1. The fourth-order valence-electron chi connectivity index (χ4n) is 3.82. The van der Waals surface area contributed by atoms with Crippen molar-refractivity contribution < 1.29 is 14.6 Å². The van der Waals surface area contributed by atoms with Crippen LogP contribution in [0.4, 0.5) is 5.82 Å². The van der Waals surface area contributed by atoms with Crippen molar-refractivity contribution in [2.75, 3.05) is 38.7 Å². The third-order valence-electron chi connectivity index (χ3n) is 5.66. The lowest BCUT2D eigenvalue weighted by atomic mass is 10.1. The highest BCUT2D eigenvalue weighted by atomic mass is 16.5. The molecule has 1 aliphatic rings. The SMILES string of the molecule is CN(C)c1ccc(Cc2nccc(-c3ccc(OC4CCN(C(=O)CO)C4)c(C#N)c3)n2)cn1. The summed E-state index contributed by atoms with van der Waals surface area (Å²) < 4.78 is 6.00. The van der Waals surface area contributed by atoms with Crippen LogP contribution in [0.2, 0.25) is 0 Å². The molecule has 0 radical (unpaired) electrons. The summed E-state index contributed by atoms with van der Waals surface area (Å²) in [5.41, 5.74) is 2.91. The number of ether oxygens (including phenoxy) is 1. The third-order valence-corrected chi connectivity index (χ3v) is 5.66. The maximum Gasteiger partial charge on any atom is 0.248 e. The molecular weight excluding hydrogens is 432 g/mol. The summed E-state index contributed by atoms with van der Waals surface area (Å²) in [6.07, 6.45) is 4.51. The lowest BCUT2D eigenvalue weighted by Gasteiger charge is -2.17. The van der Waals surface area contributed by atoms with Crippen LogP contribution in [-0.2, 0) is 11.2 Å². The molecule has 9 nitrogen and oxygen atoms in total. The fraction of sp³-hybridized carbons (Fsp3) is 0.320. The second kappa shape index (κ2) is 10.3. The van der Waals surface area contributed by atoms with E-state index in [0.29, 0.717) is 48.8 Å². The number of carbonyl (C=O) groups is 1. The van der Waals surface area contributed by atoms with Crippen molar-refractivity contribution in [3.05, 3.63) is 65.7 Å². The lowest BCUT2D eigenvalue weighted by molar-refractivity contribution is -0.133. The van der Waals surface area contributed by atoms with Crippen molar-refractivity contribution in [2.24, 2.45) is 0 Å². The second-order valence-electron chi connectivity index (χ2n) is 8.30. The fourth-order valence-corrected chi connectivity index (χ4v) is 3.82. The van der Waals surface area contributed by atoms with Crippen LogP contribution in [0.5, 0.6) is 5.75 Å². The van der Waals surface area contributed by atoms with E-state index in [-0.39, 0.29) is 12.0 Å². The first-order valence-corrected chi connectivity index (χ1v) is 11.0. The lowest BCUT2D eigenvalue weighted by Crippen LogP contribution is -2.32. The molecule has 2 aromatic heterocycles. The summed E-state index contributed by atoms with van der Waals surface area (Å²) in [7, 11) is 3.89. The Bertz CT molecular complexity index is 1210. The number of aliphatic hydroxyl groups excluding tert-OH is 1. The van der Waals surface area contributed by atoms with Crippen LogP contribution < -0.4 is 9.64 Å². The molecule has 0 saturated carbocycles. The number of pyridine rings is 1. The largest absolute Gasteiger partial charge is 0.487 e. The molecule has 9 heteroatoms. The number of aromatic nitrogens is 3. The van der Waals surface area contributed by atoms with Gasteiger partial charge < -0.3 is 19.6 Å². The van der Waals surface area contributed by atoms with E-state index in [4.69, 9.17) is 9.84 Å². The van der Waals surface area contributed by atoms with Gasteiger partial charge in [0.2, 0.25) is 5.91 Å². The zero-order valence-corrected chi connectivity index (χ0v) is 19.2. The Labute approximate surface area is 198 Å². The maximum atomic E-state index is 11.7. The first-order chi connectivity index (χ1) is 16.5. The normalized spacial score (nSPS) is 15.1. The number of hydrogen-bond donors (Lipinski definition) is 1. The van der Waals surface area contributed by atoms with Gasteiger partial charge in [-0.15, -0.1) is 0 Å². The highest BCUT2D eigenvalue weighted by molar-refractivity contribution is 5.77. The Morgan fingerprint density at radius 3 is 2.82 bits per heavy atom. The Balaban J connectivity index is 1.48. The van der Waals surface area contributed by atoms with Crippen molar-refractivity contribution in [3.8, 4) is 23.1 Å². The minimum Gasteiger partial charge on any atom is -0.487 e. The van der Waals surface area contributed by atoms with Crippen LogP contribution >= 0.6 is 0 Å². The molecule has 34 heavy (non-hydrogen) atoms. The Morgan fingerprint density at radius 1 is 1.26 bits per heavy atom. The van der Waals surface area contributed by atoms with Crippen molar-refractivity contribution in [1.82, 2.24) is 19.9 Å². The van der Waals surface area contributed by atoms with Gasteiger partial charge in [0.25, 0.3) is 0 Å². The van der Waals surface area contributed by atoms with E-state index >= 15 is 0 Å². The van der Waals surface area contributed by atoms with Gasteiger partial charge >= 0.3 is 0 Å². The van der Waals surface area contributed by atoms with E-state index < -0.39 is 6.61 Å². The minimum atomic E-state index is -0.510. The average Bonchev–Trinajstić information content (AvgIpc) is 3.33. The van der Waals surface area contributed by atoms with Crippen LogP contribution in [0, 0.1) is 11.3 Å². The highest BCUT2D eigenvalue weighted by Crippen LogP contribution is 2.28. The monoisotopic (exact) mass is 458 g/mol. The first-order valence-electron chi connectivity index (χ1n) is 11.0. The van der Waals surface area contributed by atoms with Crippen LogP contribution in [0.1, 0.15) is 23.4 Å². The van der Waals surface area contributed by atoms with Gasteiger partial charge in [0.15, 0.2) is 0 Å². The molecule has 1 saturated heterocycles. The van der Waals surface area contributed by atoms with Crippen LogP contribution in [0.25, 0.3) is 11.3 Å². The summed E-state index contributed by atoms with van der Waals surface area (Å²) in [5, 5.41) is 18.7. The molecule has 0 spiro atoms. The molecule has 1 atom stereocenters. The van der Waals surface area contributed by atoms with Gasteiger partial charge in [-0.2, -0.15) is 5.26 Å².